The normalized spacial score (nSPS) is 12.6. The second kappa shape index (κ2) is 5.34. The Morgan fingerprint density at radius 3 is 2.44 bits per heavy atom. The average Bonchev–Trinajstić information content (AvgIpc) is 2.16. The minimum atomic E-state index is -0.921. The largest absolute Gasteiger partial charge is 0.478 e. The summed E-state index contributed by atoms with van der Waals surface area (Å²) in [5.74, 6) is -0.395. The Morgan fingerprint density at radius 2 is 2.00 bits per heavy atom. The zero-order valence-corrected chi connectivity index (χ0v) is 11.2. The van der Waals surface area contributed by atoms with Crippen molar-refractivity contribution >= 4 is 27.6 Å². The molecule has 1 aromatic carbocycles. The smallest absolute Gasteiger partial charge is 0.336 e. The molecule has 0 aliphatic carbocycles. The van der Waals surface area contributed by atoms with Gasteiger partial charge in [-0.15, -0.1) is 0 Å². The molecule has 0 amide bonds. The topological polar surface area (TPSA) is 49.3 Å². The Kier molecular flexibility index (Phi) is 4.35. The molecule has 0 aromatic heterocycles. The number of nitrogens with one attached hydrogen (secondary N) is 1. The lowest BCUT2D eigenvalue weighted by Gasteiger charge is -2.19. The summed E-state index contributed by atoms with van der Waals surface area (Å²) in [4.78, 5) is 10.8. The molecule has 1 aromatic rings. The lowest BCUT2D eigenvalue weighted by atomic mass is 10.1. The highest BCUT2D eigenvalue weighted by Crippen LogP contribution is 2.22. The fraction of sp³-hybridized carbons (Fsp3) is 0.417. The summed E-state index contributed by atoms with van der Waals surface area (Å²) < 4.78 is 0.598. The molecule has 3 nitrogen and oxygen atoms in total. The molecule has 0 saturated carbocycles. The van der Waals surface area contributed by atoms with Crippen LogP contribution in [0, 0.1) is 5.92 Å². The van der Waals surface area contributed by atoms with Crippen molar-refractivity contribution in [3.63, 3.8) is 0 Å². The number of aromatic carboxylic acids is 1. The van der Waals surface area contributed by atoms with Crippen LogP contribution in [0.25, 0.3) is 0 Å². The van der Waals surface area contributed by atoms with Crippen molar-refractivity contribution in [1.29, 1.82) is 0 Å². The summed E-state index contributed by atoms with van der Waals surface area (Å²) in [6.45, 7) is 6.38. The van der Waals surface area contributed by atoms with E-state index in [0.717, 1.165) is 5.69 Å². The molecule has 0 heterocycles. The summed E-state index contributed by atoms with van der Waals surface area (Å²) in [6, 6.07) is 5.53. The van der Waals surface area contributed by atoms with Crippen LogP contribution in [0.2, 0.25) is 0 Å². The van der Waals surface area contributed by atoms with Gasteiger partial charge in [0.25, 0.3) is 0 Å². The molecule has 0 bridgehead atoms. The van der Waals surface area contributed by atoms with Crippen molar-refractivity contribution in [3.05, 3.63) is 28.2 Å². The maximum atomic E-state index is 10.8. The molecule has 2 N–H and O–H groups in total. The van der Waals surface area contributed by atoms with Gasteiger partial charge in [-0.25, -0.2) is 4.79 Å². The number of hydrogen-bond donors (Lipinski definition) is 2. The van der Waals surface area contributed by atoms with Gasteiger partial charge in [0.1, 0.15) is 0 Å². The molecule has 0 fully saturated rings. The van der Waals surface area contributed by atoms with E-state index in [-0.39, 0.29) is 5.56 Å². The molecule has 0 spiro atoms. The van der Waals surface area contributed by atoms with Gasteiger partial charge in [-0.05, 0) is 47.0 Å². The van der Waals surface area contributed by atoms with Crippen molar-refractivity contribution in [3.8, 4) is 0 Å². The van der Waals surface area contributed by atoms with Gasteiger partial charge in [-0.3, -0.25) is 0 Å². The van der Waals surface area contributed by atoms with Crippen molar-refractivity contribution in [2.45, 2.75) is 26.8 Å². The Hall–Kier alpha value is -1.03. The summed E-state index contributed by atoms with van der Waals surface area (Å²) in [5.41, 5.74) is 1.21. The van der Waals surface area contributed by atoms with Crippen LogP contribution in [0.5, 0.6) is 0 Å². The summed E-state index contributed by atoms with van der Waals surface area (Å²) >= 11 is 3.25. The molecule has 1 rings (SSSR count). The number of benzene rings is 1. The predicted molar refractivity (Wildman–Crippen MR) is 69.0 cm³/mol. The number of carboxylic acid groups (broad SMARTS) is 1. The van der Waals surface area contributed by atoms with Crippen LogP contribution in [0.1, 0.15) is 31.1 Å². The second-order valence-electron chi connectivity index (χ2n) is 4.18. The van der Waals surface area contributed by atoms with Crippen LogP contribution >= 0.6 is 15.9 Å². The molecule has 1 unspecified atom stereocenters. The molecule has 0 saturated heterocycles. The van der Waals surface area contributed by atoms with Crippen molar-refractivity contribution in [1.82, 2.24) is 0 Å². The van der Waals surface area contributed by atoms with Gasteiger partial charge in [0, 0.05) is 16.2 Å². The van der Waals surface area contributed by atoms with E-state index in [1.54, 1.807) is 18.2 Å². The molecule has 0 aliphatic heterocycles. The summed E-state index contributed by atoms with van der Waals surface area (Å²) in [7, 11) is 0. The first kappa shape index (κ1) is 13.0. The lowest BCUT2D eigenvalue weighted by Crippen LogP contribution is -2.21. The average molecular weight is 286 g/mol. The van der Waals surface area contributed by atoms with Gasteiger partial charge in [0.15, 0.2) is 0 Å². The van der Waals surface area contributed by atoms with E-state index in [1.165, 1.54) is 0 Å². The number of anilines is 1. The third-order valence-electron chi connectivity index (χ3n) is 2.59. The molecular formula is C12H16BrNO2. The highest BCUT2D eigenvalue weighted by Gasteiger charge is 2.10. The number of hydrogen-bond acceptors (Lipinski definition) is 2. The van der Waals surface area contributed by atoms with Gasteiger partial charge < -0.3 is 10.4 Å². The van der Waals surface area contributed by atoms with E-state index in [4.69, 9.17) is 5.11 Å². The fourth-order valence-electron chi connectivity index (χ4n) is 1.21. The molecule has 88 valence electrons. The van der Waals surface area contributed by atoms with E-state index >= 15 is 0 Å². The second-order valence-corrected chi connectivity index (χ2v) is 5.03. The Morgan fingerprint density at radius 1 is 1.38 bits per heavy atom. The number of halogens is 1. The zero-order chi connectivity index (χ0) is 12.3. The fourth-order valence-corrected chi connectivity index (χ4v) is 1.76. The van der Waals surface area contributed by atoms with Gasteiger partial charge in [0.2, 0.25) is 0 Å². The van der Waals surface area contributed by atoms with E-state index in [1.807, 2.05) is 0 Å². The first-order chi connectivity index (χ1) is 7.41. The lowest BCUT2D eigenvalue weighted by molar-refractivity contribution is 0.0696. The molecule has 1 atom stereocenters. The number of carbonyl (C=O) groups is 1. The van der Waals surface area contributed by atoms with Crippen molar-refractivity contribution < 1.29 is 9.90 Å². The zero-order valence-electron chi connectivity index (χ0n) is 9.62. The van der Waals surface area contributed by atoms with Crippen molar-refractivity contribution in [2.24, 2.45) is 5.92 Å². The standard InChI is InChI=1S/C12H16BrNO2/c1-7(2)8(3)14-9-4-5-10(12(15)16)11(13)6-9/h4-8,14H,1-3H3,(H,15,16). The van der Waals surface area contributed by atoms with E-state index in [9.17, 15) is 4.79 Å². The summed E-state index contributed by atoms with van der Waals surface area (Å²) in [6.07, 6.45) is 0. The Balaban J connectivity index is 2.85. The van der Waals surface area contributed by atoms with Crippen molar-refractivity contribution in [2.75, 3.05) is 5.32 Å². The highest BCUT2D eigenvalue weighted by molar-refractivity contribution is 9.10. The number of rotatable bonds is 4. The maximum absolute atomic E-state index is 10.8. The van der Waals surface area contributed by atoms with Crippen LogP contribution in [0.4, 0.5) is 5.69 Å². The van der Waals surface area contributed by atoms with Crippen LogP contribution in [0.3, 0.4) is 0 Å². The Bertz CT molecular complexity index is 391. The minimum Gasteiger partial charge on any atom is -0.478 e. The van der Waals surface area contributed by atoms with Crippen LogP contribution in [-0.2, 0) is 0 Å². The van der Waals surface area contributed by atoms with Gasteiger partial charge >= 0.3 is 5.97 Å². The van der Waals surface area contributed by atoms with Gasteiger partial charge in [0.05, 0.1) is 5.56 Å². The molecule has 4 heteroatoms. The SMILES string of the molecule is CC(C)C(C)Nc1ccc(C(=O)O)c(Br)c1. The van der Waals surface area contributed by atoms with E-state index < -0.39 is 5.97 Å². The molecule has 0 aliphatic rings. The van der Waals surface area contributed by atoms with Crippen LogP contribution < -0.4 is 5.32 Å². The highest BCUT2D eigenvalue weighted by atomic mass is 79.9. The maximum Gasteiger partial charge on any atom is 0.336 e. The van der Waals surface area contributed by atoms with Crippen LogP contribution in [-0.4, -0.2) is 17.1 Å². The summed E-state index contributed by atoms with van der Waals surface area (Å²) in [5, 5.41) is 12.2. The third kappa shape index (κ3) is 3.23. The molecule has 16 heavy (non-hydrogen) atoms. The monoisotopic (exact) mass is 285 g/mol. The molecule has 0 radical (unpaired) electrons. The first-order valence-electron chi connectivity index (χ1n) is 5.21. The van der Waals surface area contributed by atoms with E-state index in [0.29, 0.717) is 16.4 Å². The minimum absolute atomic E-state index is 0.280. The number of carboxylic acids is 1. The van der Waals surface area contributed by atoms with E-state index in [2.05, 4.69) is 42.0 Å². The first-order valence-corrected chi connectivity index (χ1v) is 6.00. The third-order valence-corrected chi connectivity index (χ3v) is 3.25. The predicted octanol–water partition coefficient (Wildman–Crippen LogP) is 3.60. The Labute approximate surface area is 104 Å². The quantitative estimate of drug-likeness (QED) is 0.889. The molecular weight excluding hydrogens is 270 g/mol. The van der Waals surface area contributed by atoms with Crippen LogP contribution in [0.15, 0.2) is 22.7 Å². The van der Waals surface area contributed by atoms with Gasteiger partial charge in [-0.2, -0.15) is 0 Å². The van der Waals surface area contributed by atoms with Gasteiger partial charge in [-0.1, -0.05) is 13.8 Å².